The number of carbonyl (C=O) groups is 3. The van der Waals surface area contributed by atoms with Crippen LogP contribution in [-0.2, 0) is 20.0 Å². The van der Waals surface area contributed by atoms with Crippen LogP contribution in [0, 0.1) is 11.8 Å². The highest BCUT2D eigenvalue weighted by Gasteiger charge is 2.65. The monoisotopic (exact) mass is 408 g/mol. The number of primary amides is 1. The van der Waals surface area contributed by atoms with Crippen LogP contribution in [0.5, 0.6) is 0 Å². The molecule has 3 rings (SSSR count). The Bertz CT molecular complexity index is 794. The van der Waals surface area contributed by atoms with Crippen molar-refractivity contribution >= 4 is 17.9 Å². The van der Waals surface area contributed by atoms with E-state index in [1.165, 1.54) is 6.92 Å². The largest absolute Gasteiger partial charge is 0.440 e. The number of ether oxygens (including phenoxy) is 1. The van der Waals surface area contributed by atoms with Gasteiger partial charge in [0.1, 0.15) is 6.61 Å². The molecule has 158 valence electrons. The number of nitrogens with one attached hydrogen (secondary N) is 1. The van der Waals surface area contributed by atoms with Gasteiger partial charge in [0.15, 0.2) is 11.8 Å². The van der Waals surface area contributed by atoms with Crippen LogP contribution in [0.2, 0.25) is 0 Å². The van der Waals surface area contributed by atoms with Crippen LogP contribution in [0.25, 0.3) is 0 Å². The molecule has 3 amide bonds. The van der Waals surface area contributed by atoms with Gasteiger partial charge in [-0.25, -0.2) is 4.79 Å². The molecule has 2 heterocycles. The second-order valence-corrected chi connectivity index (χ2v) is 7.58. The maximum Gasteiger partial charge on any atom is 0.440 e. The lowest BCUT2D eigenvalue weighted by molar-refractivity contribution is -0.147. The van der Waals surface area contributed by atoms with Crippen LogP contribution in [0.15, 0.2) is 30.3 Å². The topological polar surface area (TPSA) is 125 Å². The third-order valence-corrected chi connectivity index (χ3v) is 5.77. The van der Waals surface area contributed by atoms with Crippen molar-refractivity contribution in [2.24, 2.45) is 17.6 Å². The first-order valence-electron chi connectivity index (χ1n) is 9.40. The minimum atomic E-state index is -1.72. The van der Waals surface area contributed by atoms with Crippen molar-refractivity contribution in [3.8, 4) is 0 Å². The van der Waals surface area contributed by atoms with E-state index in [0.717, 1.165) is 0 Å². The highest BCUT2D eigenvalue weighted by Crippen LogP contribution is 2.47. The number of carbonyl (C=O) groups excluding carboxylic acids is 3. The Balaban J connectivity index is 2.09. The quantitative estimate of drug-likeness (QED) is 0.573. The molecule has 5 atom stereocenters. The average molecular weight is 408 g/mol. The van der Waals surface area contributed by atoms with Gasteiger partial charge in [0, 0.05) is 19.1 Å². The molecule has 0 bridgehead atoms. The molecule has 4 N–H and O–H groups in total. The van der Waals surface area contributed by atoms with Gasteiger partial charge in [-0.2, -0.15) is 0 Å². The van der Waals surface area contributed by atoms with Gasteiger partial charge >= 0.3 is 6.09 Å². The van der Waals surface area contributed by atoms with E-state index in [1.54, 1.807) is 35.2 Å². The van der Waals surface area contributed by atoms with E-state index in [-0.39, 0.29) is 23.6 Å². The predicted molar refractivity (Wildman–Crippen MR) is 99.4 cm³/mol. The molecule has 0 spiro atoms. The fraction of sp³-hybridized carbons (Fsp3) is 0.526. The Morgan fingerprint density at radius 3 is 2.62 bits per heavy atom. The maximum atomic E-state index is 15.5. The molecule has 1 aromatic carbocycles. The van der Waals surface area contributed by atoms with Crippen LogP contribution >= 0.6 is 0 Å². The van der Waals surface area contributed by atoms with Gasteiger partial charge in [0.05, 0.1) is 5.92 Å². The first-order chi connectivity index (χ1) is 13.7. The zero-order valence-electron chi connectivity index (χ0n) is 16.2. The Labute approximate surface area is 167 Å². The SMILES string of the molecule is CC1CN(C2(c3ccccc3)C(C(C)C(N)=O)OC(=O)N2F)CC1NC(=O)CO. The first kappa shape index (κ1) is 21.0. The number of aliphatic hydroxyl groups excluding tert-OH is 1. The second kappa shape index (κ2) is 7.96. The third-order valence-electron chi connectivity index (χ3n) is 5.77. The van der Waals surface area contributed by atoms with Crippen molar-refractivity contribution in [1.29, 1.82) is 0 Å². The molecule has 2 aliphatic rings. The third kappa shape index (κ3) is 3.42. The highest BCUT2D eigenvalue weighted by molar-refractivity contribution is 5.79. The number of rotatable bonds is 6. The molecule has 2 fully saturated rings. The maximum absolute atomic E-state index is 15.5. The lowest BCUT2D eigenvalue weighted by atomic mass is 9.85. The number of likely N-dealkylation sites (tertiary alicyclic amines) is 1. The number of amides is 3. The van der Waals surface area contributed by atoms with E-state index in [2.05, 4.69) is 5.32 Å². The zero-order valence-corrected chi connectivity index (χ0v) is 16.2. The van der Waals surface area contributed by atoms with E-state index < -0.39 is 42.2 Å². The van der Waals surface area contributed by atoms with E-state index in [9.17, 15) is 14.4 Å². The van der Waals surface area contributed by atoms with E-state index in [4.69, 9.17) is 15.6 Å². The number of hydrogen-bond donors (Lipinski definition) is 3. The van der Waals surface area contributed by atoms with Gasteiger partial charge < -0.3 is 20.9 Å². The van der Waals surface area contributed by atoms with Crippen molar-refractivity contribution in [3.05, 3.63) is 35.9 Å². The summed E-state index contributed by atoms with van der Waals surface area (Å²) in [6.45, 7) is 3.19. The molecule has 2 saturated heterocycles. The minimum absolute atomic E-state index is 0.00933. The number of cyclic esters (lactones) is 1. The number of aliphatic hydroxyl groups is 1. The van der Waals surface area contributed by atoms with Crippen LogP contribution in [0.1, 0.15) is 19.4 Å². The number of hydrogen-bond acceptors (Lipinski definition) is 6. The lowest BCUT2D eigenvalue weighted by Crippen LogP contribution is -2.60. The summed E-state index contributed by atoms with van der Waals surface area (Å²) in [5.41, 5.74) is 4.17. The van der Waals surface area contributed by atoms with Gasteiger partial charge in [-0.15, -0.1) is 5.12 Å². The van der Waals surface area contributed by atoms with Crippen LogP contribution in [0.4, 0.5) is 9.28 Å². The molecular weight excluding hydrogens is 383 g/mol. The summed E-state index contributed by atoms with van der Waals surface area (Å²) in [7, 11) is 0. The molecule has 0 saturated carbocycles. The van der Waals surface area contributed by atoms with Crippen molar-refractivity contribution in [2.75, 3.05) is 19.7 Å². The molecule has 0 aromatic heterocycles. The Kier molecular flexibility index (Phi) is 5.76. The second-order valence-electron chi connectivity index (χ2n) is 7.58. The van der Waals surface area contributed by atoms with Crippen LogP contribution < -0.4 is 11.1 Å². The predicted octanol–water partition coefficient (Wildman–Crippen LogP) is 0.0949. The summed E-state index contributed by atoms with van der Waals surface area (Å²) in [6, 6.07) is 8.07. The molecule has 1 aromatic rings. The lowest BCUT2D eigenvalue weighted by Gasteiger charge is -2.43. The molecule has 10 heteroatoms. The Morgan fingerprint density at radius 1 is 1.38 bits per heavy atom. The van der Waals surface area contributed by atoms with Gasteiger partial charge in [-0.05, 0) is 18.4 Å². The van der Waals surface area contributed by atoms with Gasteiger partial charge in [-0.3, -0.25) is 14.5 Å². The molecule has 0 radical (unpaired) electrons. The zero-order chi connectivity index (χ0) is 21.3. The van der Waals surface area contributed by atoms with E-state index >= 15 is 4.48 Å². The summed E-state index contributed by atoms with van der Waals surface area (Å²) in [5, 5.41) is 11.7. The molecule has 9 nitrogen and oxygen atoms in total. The molecule has 0 aliphatic carbocycles. The minimum Gasteiger partial charge on any atom is -0.439 e. The molecule has 2 aliphatic heterocycles. The van der Waals surface area contributed by atoms with Gasteiger partial charge in [-0.1, -0.05) is 41.7 Å². The van der Waals surface area contributed by atoms with Gasteiger partial charge in [0.25, 0.3) is 0 Å². The average Bonchev–Trinajstić information content (AvgIpc) is 3.19. The van der Waals surface area contributed by atoms with Crippen LogP contribution in [0.3, 0.4) is 0 Å². The van der Waals surface area contributed by atoms with Crippen molar-refractivity contribution < 1.29 is 28.7 Å². The number of nitrogens with zero attached hydrogens (tertiary/aromatic N) is 2. The highest BCUT2D eigenvalue weighted by atomic mass is 19.2. The van der Waals surface area contributed by atoms with E-state index in [1.807, 2.05) is 6.92 Å². The standard InChI is InChI=1S/C19H25FN4O5/c1-11-8-23(9-14(11)22-15(26)10-25)19(13-6-4-3-5-7-13)16(12(2)17(21)27)29-18(28)24(19)20/h3-7,11-12,14,16,25H,8-10H2,1-2H3,(H2,21,27)(H,22,26). The Morgan fingerprint density at radius 2 is 2.03 bits per heavy atom. The number of halogens is 1. The fourth-order valence-electron chi connectivity index (χ4n) is 4.22. The van der Waals surface area contributed by atoms with E-state index in [0.29, 0.717) is 12.1 Å². The molecule has 5 unspecified atom stereocenters. The fourth-order valence-corrected chi connectivity index (χ4v) is 4.22. The Hall–Kier alpha value is -2.72. The van der Waals surface area contributed by atoms with Crippen molar-refractivity contribution in [2.45, 2.75) is 31.7 Å². The van der Waals surface area contributed by atoms with Crippen molar-refractivity contribution in [3.63, 3.8) is 0 Å². The van der Waals surface area contributed by atoms with Crippen molar-refractivity contribution in [1.82, 2.24) is 15.3 Å². The normalized spacial score (nSPS) is 30.8. The summed E-state index contributed by atoms with van der Waals surface area (Å²) in [6.07, 6.45) is -2.40. The smallest absolute Gasteiger partial charge is 0.439 e. The van der Waals surface area contributed by atoms with Crippen LogP contribution in [-0.4, -0.2) is 64.9 Å². The summed E-state index contributed by atoms with van der Waals surface area (Å²) < 4.78 is 20.8. The summed E-state index contributed by atoms with van der Waals surface area (Å²) >= 11 is 0. The molecule has 29 heavy (non-hydrogen) atoms. The number of benzene rings is 1. The first-order valence-corrected chi connectivity index (χ1v) is 9.40. The molecular formula is C19H25FN4O5. The summed E-state index contributed by atoms with van der Waals surface area (Å²) in [5.74, 6) is -2.35. The van der Waals surface area contributed by atoms with Gasteiger partial charge in [0.2, 0.25) is 11.8 Å². The number of nitrogens with two attached hydrogens (primary N) is 1. The summed E-state index contributed by atoms with van der Waals surface area (Å²) in [4.78, 5) is 37.6.